The molecule has 3 atom stereocenters. The SMILES string of the molecule is N=C(N)C1CCC(CN)CC1O. The second-order valence-corrected chi connectivity index (χ2v) is 3.54. The van der Waals surface area contributed by atoms with Crippen LogP contribution >= 0.6 is 0 Å². The lowest BCUT2D eigenvalue weighted by atomic mass is 9.79. The van der Waals surface area contributed by atoms with Crippen molar-refractivity contribution in [2.45, 2.75) is 25.4 Å². The topological polar surface area (TPSA) is 96.1 Å². The van der Waals surface area contributed by atoms with Crippen LogP contribution in [0.1, 0.15) is 19.3 Å². The monoisotopic (exact) mass is 171 g/mol. The minimum absolute atomic E-state index is 0.109. The van der Waals surface area contributed by atoms with Crippen LogP contribution in [0, 0.1) is 17.2 Å². The van der Waals surface area contributed by atoms with Crippen molar-refractivity contribution in [3.63, 3.8) is 0 Å². The summed E-state index contributed by atoms with van der Waals surface area (Å²) in [5, 5.41) is 16.8. The molecule has 1 saturated carbocycles. The van der Waals surface area contributed by atoms with Gasteiger partial charge in [-0.15, -0.1) is 0 Å². The lowest BCUT2D eigenvalue weighted by molar-refractivity contribution is 0.0751. The van der Waals surface area contributed by atoms with Gasteiger partial charge in [0.25, 0.3) is 0 Å². The van der Waals surface area contributed by atoms with Crippen molar-refractivity contribution in [2.24, 2.45) is 23.3 Å². The molecule has 1 rings (SSSR count). The highest BCUT2D eigenvalue weighted by molar-refractivity contribution is 5.80. The number of hydrogen-bond acceptors (Lipinski definition) is 3. The van der Waals surface area contributed by atoms with Crippen molar-refractivity contribution in [1.29, 1.82) is 5.41 Å². The van der Waals surface area contributed by atoms with E-state index in [1.54, 1.807) is 0 Å². The molecule has 1 aliphatic carbocycles. The summed E-state index contributed by atoms with van der Waals surface area (Å²) in [5.41, 5.74) is 10.8. The highest BCUT2D eigenvalue weighted by atomic mass is 16.3. The van der Waals surface area contributed by atoms with E-state index in [2.05, 4.69) is 0 Å². The highest BCUT2D eigenvalue weighted by Gasteiger charge is 2.29. The zero-order chi connectivity index (χ0) is 9.14. The molecule has 0 spiro atoms. The Morgan fingerprint density at radius 2 is 2.17 bits per heavy atom. The quantitative estimate of drug-likeness (QED) is 0.338. The third-order valence-corrected chi connectivity index (χ3v) is 2.66. The smallest absolute Gasteiger partial charge is 0.0963 e. The van der Waals surface area contributed by atoms with E-state index in [4.69, 9.17) is 16.9 Å². The van der Waals surface area contributed by atoms with Gasteiger partial charge in [0.1, 0.15) is 0 Å². The molecule has 6 N–H and O–H groups in total. The first-order chi connectivity index (χ1) is 5.65. The Labute approximate surface area is 72.4 Å². The first-order valence-electron chi connectivity index (χ1n) is 4.37. The molecule has 0 amide bonds. The van der Waals surface area contributed by atoms with Crippen LogP contribution in [0.3, 0.4) is 0 Å². The zero-order valence-electron chi connectivity index (χ0n) is 7.16. The van der Waals surface area contributed by atoms with E-state index in [0.29, 0.717) is 18.9 Å². The predicted octanol–water partition coefficient (Wildman–Crippen LogP) is -0.342. The molecule has 12 heavy (non-hydrogen) atoms. The maximum atomic E-state index is 9.56. The van der Waals surface area contributed by atoms with Crippen molar-refractivity contribution in [3.8, 4) is 0 Å². The van der Waals surface area contributed by atoms with E-state index < -0.39 is 6.10 Å². The van der Waals surface area contributed by atoms with Crippen LogP contribution in [-0.4, -0.2) is 23.6 Å². The Morgan fingerprint density at radius 1 is 1.50 bits per heavy atom. The summed E-state index contributed by atoms with van der Waals surface area (Å²) in [4.78, 5) is 0. The van der Waals surface area contributed by atoms with Crippen molar-refractivity contribution < 1.29 is 5.11 Å². The maximum absolute atomic E-state index is 9.56. The van der Waals surface area contributed by atoms with Gasteiger partial charge < -0.3 is 16.6 Å². The summed E-state index contributed by atoms with van der Waals surface area (Å²) in [7, 11) is 0. The molecule has 1 aliphatic rings. The van der Waals surface area contributed by atoms with E-state index in [9.17, 15) is 5.11 Å². The minimum atomic E-state index is -0.454. The van der Waals surface area contributed by atoms with Crippen LogP contribution in [0.2, 0.25) is 0 Å². The third-order valence-electron chi connectivity index (χ3n) is 2.66. The number of nitrogens with two attached hydrogens (primary N) is 2. The van der Waals surface area contributed by atoms with Gasteiger partial charge in [-0.2, -0.15) is 0 Å². The molecule has 0 aromatic heterocycles. The normalized spacial score (nSPS) is 36.3. The van der Waals surface area contributed by atoms with Gasteiger partial charge in [0, 0.05) is 5.92 Å². The van der Waals surface area contributed by atoms with Gasteiger partial charge in [0.2, 0.25) is 0 Å². The molecule has 0 radical (unpaired) electrons. The van der Waals surface area contributed by atoms with Gasteiger partial charge in [-0.05, 0) is 31.7 Å². The van der Waals surface area contributed by atoms with Gasteiger partial charge >= 0.3 is 0 Å². The molecule has 0 saturated heterocycles. The molecule has 4 heteroatoms. The first-order valence-corrected chi connectivity index (χ1v) is 4.37. The molecular weight excluding hydrogens is 154 g/mol. The molecule has 0 heterocycles. The van der Waals surface area contributed by atoms with Gasteiger partial charge in [0.15, 0.2) is 0 Å². The fourth-order valence-corrected chi connectivity index (χ4v) is 1.81. The largest absolute Gasteiger partial charge is 0.392 e. The molecule has 1 fully saturated rings. The average Bonchev–Trinajstić information content (AvgIpc) is 2.03. The van der Waals surface area contributed by atoms with E-state index in [0.717, 1.165) is 12.8 Å². The molecule has 0 aromatic carbocycles. The minimum Gasteiger partial charge on any atom is -0.392 e. The lowest BCUT2D eigenvalue weighted by Crippen LogP contribution is -2.39. The second-order valence-electron chi connectivity index (χ2n) is 3.54. The summed E-state index contributed by atoms with van der Waals surface area (Å²) in [6.07, 6.45) is 2.03. The number of hydrogen-bond donors (Lipinski definition) is 4. The van der Waals surface area contributed by atoms with Gasteiger partial charge in [-0.1, -0.05) is 0 Å². The van der Waals surface area contributed by atoms with Gasteiger partial charge in [-0.3, -0.25) is 5.41 Å². The fraction of sp³-hybridized carbons (Fsp3) is 0.875. The van der Waals surface area contributed by atoms with Crippen LogP contribution in [0.5, 0.6) is 0 Å². The van der Waals surface area contributed by atoms with Crippen LogP contribution in [0.15, 0.2) is 0 Å². The molecule has 0 aliphatic heterocycles. The number of nitrogens with one attached hydrogen (secondary N) is 1. The number of aliphatic hydroxyl groups is 1. The summed E-state index contributed by atoms with van der Waals surface area (Å²) in [5.74, 6) is 0.390. The third kappa shape index (κ3) is 1.95. The molecule has 3 unspecified atom stereocenters. The predicted molar refractivity (Wildman–Crippen MR) is 47.8 cm³/mol. The molecule has 4 nitrogen and oxygen atoms in total. The van der Waals surface area contributed by atoms with Crippen molar-refractivity contribution in [2.75, 3.05) is 6.54 Å². The van der Waals surface area contributed by atoms with E-state index in [1.807, 2.05) is 0 Å². The van der Waals surface area contributed by atoms with E-state index in [-0.39, 0.29) is 11.8 Å². The summed E-state index contributed by atoms with van der Waals surface area (Å²) < 4.78 is 0. The van der Waals surface area contributed by atoms with E-state index >= 15 is 0 Å². The standard InChI is InChI=1S/C8H17N3O/c9-4-5-1-2-6(8(10)11)7(12)3-5/h5-7,12H,1-4,9H2,(H3,10,11). The Hall–Kier alpha value is -0.610. The second kappa shape index (κ2) is 3.87. The summed E-state index contributed by atoms with van der Waals surface area (Å²) in [6.45, 7) is 0.627. The van der Waals surface area contributed by atoms with Gasteiger partial charge in [-0.25, -0.2) is 0 Å². The van der Waals surface area contributed by atoms with Crippen LogP contribution < -0.4 is 11.5 Å². The van der Waals surface area contributed by atoms with E-state index in [1.165, 1.54) is 0 Å². The fourth-order valence-electron chi connectivity index (χ4n) is 1.81. The Bertz CT molecular complexity index is 172. The molecule has 0 aromatic rings. The molecular formula is C8H17N3O. The van der Waals surface area contributed by atoms with Gasteiger partial charge in [0.05, 0.1) is 11.9 Å². The number of amidine groups is 1. The zero-order valence-corrected chi connectivity index (χ0v) is 7.16. The molecule has 70 valence electrons. The Balaban J connectivity index is 2.47. The molecule has 0 bridgehead atoms. The Morgan fingerprint density at radius 3 is 2.58 bits per heavy atom. The van der Waals surface area contributed by atoms with Crippen molar-refractivity contribution >= 4 is 5.84 Å². The highest BCUT2D eigenvalue weighted by Crippen LogP contribution is 2.28. The summed E-state index contributed by atoms with van der Waals surface area (Å²) in [6, 6.07) is 0. The lowest BCUT2D eigenvalue weighted by Gasteiger charge is -2.31. The van der Waals surface area contributed by atoms with Crippen molar-refractivity contribution in [1.82, 2.24) is 0 Å². The maximum Gasteiger partial charge on any atom is 0.0963 e. The number of aliphatic hydroxyl groups excluding tert-OH is 1. The summed E-state index contributed by atoms with van der Waals surface area (Å²) >= 11 is 0. The van der Waals surface area contributed by atoms with Crippen molar-refractivity contribution in [3.05, 3.63) is 0 Å². The Kier molecular flexibility index (Phi) is 3.05. The first kappa shape index (κ1) is 9.48. The van der Waals surface area contributed by atoms with Crippen LogP contribution in [0.25, 0.3) is 0 Å². The number of rotatable bonds is 2. The van der Waals surface area contributed by atoms with Crippen LogP contribution in [0.4, 0.5) is 0 Å². The van der Waals surface area contributed by atoms with Crippen LogP contribution in [-0.2, 0) is 0 Å². The average molecular weight is 171 g/mol.